The number of nitrogens with one attached hydrogen (secondary N) is 1. The number of benzene rings is 1. The standard InChI is InChI=1S/C26H31N5O/c1-17-11-18(2)13-21(12-17)26(7-3-4-8-26)25(32)31-10-6-20(16-31)24-22(15-29-30-24)19-5-9-28-23(27)14-19/h5,9,11-15,20H,3-4,6-8,10,16H2,1-2H3,(H2,27,28)(H,29,30)/t20-/m0/s1. The highest BCUT2D eigenvalue weighted by Gasteiger charge is 2.46. The fourth-order valence-corrected chi connectivity index (χ4v) is 5.79. The maximum Gasteiger partial charge on any atom is 0.233 e. The molecular weight excluding hydrogens is 398 g/mol. The Labute approximate surface area is 189 Å². The van der Waals surface area contributed by atoms with Crippen molar-refractivity contribution in [3.8, 4) is 11.1 Å². The van der Waals surface area contributed by atoms with Crippen LogP contribution in [-0.4, -0.2) is 39.1 Å². The number of nitrogen functional groups attached to an aromatic ring is 1. The number of nitrogens with two attached hydrogens (primary N) is 1. The highest BCUT2D eigenvalue weighted by atomic mass is 16.2. The first-order valence-electron chi connectivity index (χ1n) is 11.6. The van der Waals surface area contributed by atoms with E-state index in [1.165, 1.54) is 16.7 Å². The monoisotopic (exact) mass is 429 g/mol. The van der Waals surface area contributed by atoms with Crippen molar-refractivity contribution < 1.29 is 4.79 Å². The van der Waals surface area contributed by atoms with Crippen LogP contribution in [-0.2, 0) is 10.2 Å². The Morgan fingerprint density at radius 1 is 1.16 bits per heavy atom. The van der Waals surface area contributed by atoms with Gasteiger partial charge in [-0.1, -0.05) is 42.2 Å². The molecule has 3 heterocycles. The average Bonchev–Trinajstić information content (AvgIpc) is 3.53. The number of carbonyl (C=O) groups is 1. The molecule has 1 aliphatic carbocycles. The summed E-state index contributed by atoms with van der Waals surface area (Å²) in [5.41, 5.74) is 12.3. The Kier molecular flexibility index (Phi) is 5.24. The first-order chi connectivity index (χ1) is 15.5. The molecular formula is C26H31N5O. The van der Waals surface area contributed by atoms with E-state index in [4.69, 9.17) is 5.73 Å². The van der Waals surface area contributed by atoms with Gasteiger partial charge in [0.15, 0.2) is 0 Å². The predicted octanol–water partition coefficient (Wildman–Crippen LogP) is 4.50. The van der Waals surface area contributed by atoms with Crippen molar-refractivity contribution in [2.24, 2.45) is 0 Å². The number of hydrogen-bond donors (Lipinski definition) is 2. The summed E-state index contributed by atoms with van der Waals surface area (Å²) >= 11 is 0. The molecule has 1 saturated heterocycles. The zero-order valence-corrected chi connectivity index (χ0v) is 18.9. The maximum absolute atomic E-state index is 14.0. The molecule has 0 radical (unpaired) electrons. The van der Waals surface area contributed by atoms with E-state index in [9.17, 15) is 4.79 Å². The summed E-state index contributed by atoms with van der Waals surface area (Å²) in [6.07, 6.45) is 8.63. The van der Waals surface area contributed by atoms with Crippen LogP contribution in [0, 0.1) is 13.8 Å². The van der Waals surface area contributed by atoms with Gasteiger partial charge in [-0.3, -0.25) is 9.89 Å². The molecule has 1 aliphatic heterocycles. The first kappa shape index (κ1) is 20.7. The number of aromatic amines is 1. The highest BCUT2D eigenvalue weighted by Crippen LogP contribution is 2.45. The molecule has 3 aromatic rings. The van der Waals surface area contributed by atoms with E-state index < -0.39 is 0 Å². The molecule has 2 fully saturated rings. The maximum atomic E-state index is 14.0. The van der Waals surface area contributed by atoms with Crippen molar-refractivity contribution in [3.05, 3.63) is 65.1 Å². The molecule has 0 bridgehead atoms. The molecule has 2 aromatic heterocycles. The van der Waals surface area contributed by atoms with Crippen LogP contribution in [0.25, 0.3) is 11.1 Å². The first-order valence-corrected chi connectivity index (χ1v) is 11.6. The molecule has 1 aromatic carbocycles. The lowest BCUT2D eigenvalue weighted by Crippen LogP contribution is -2.44. The van der Waals surface area contributed by atoms with Gasteiger partial charge in [-0.05, 0) is 56.4 Å². The van der Waals surface area contributed by atoms with Gasteiger partial charge in [0, 0.05) is 36.5 Å². The summed E-state index contributed by atoms with van der Waals surface area (Å²) in [4.78, 5) is 20.2. The quantitative estimate of drug-likeness (QED) is 0.639. The SMILES string of the molecule is Cc1cc(C)cc(C2(C(=O)N3CC[C@H](c4[nH]ncc4-c4ccnc(N)c4)C3)CCCC2)c1. The van der Waals surface area contributed by atoms with Crippen LogP contribution in [0.4, 0.5) is 5.82 Å². The van der Waals surface area contributed by atoms with Crippen LogP contribution in [0.5, 0.6) is 0 Å². The van der Waals surface area contributed by atoms with Crippen LogP contribution in [0.2, 0.25) is 0 Å². The molecule has 6 heteroatoms. The third kappa shape index (κ3) is 3.57. The molecule has 6 nitrogen and oxygen atoms in total. The van der Waals surface area contributed by atoms with Crippen LogP contribution in [0.15, 0.2) is 42.7 Å². The third-order valence-corrected chi connectivity index (χ3v) is 7.29. The van der Waals surface area contributed by atoms with E-state index in [2.05, 4.69) is 52.1 Å². The number of aromatic nitrogens is 3. The lowest BCUT2D eigenvalue weighted by atomic mass is 9.76. The predicted molar refractivity (Wildman–Crippen MR) is 126 cm³/mol. The summed E-state index contributed by atoms with van der Waals surface area (Å²) in [7, 11) is 0. The van der Waals surface area contributed by atoms with Gasteiger partial charge in [0.2, 0.25) is 5.91 Å². The molecule has 32 heavy (non-hydrogen) atoms. The van der Waals surface area contributed by atoms with Gasteiger partial charge < -0.3 is 10.6 Å². The van der Waals surface area contributed by atoms with Crippen molar-refractivity contribution in [3.63, 3.8) is 0 Å². The Balaban J connectivity index is 1.41. The molecule has 0 spiro atoms. The van der Waals surface area contributed by atoms with E-state index >= 15 is 0 Å². The second-order valence-electron chi connectivity index (χ2n) is 9.57. The molecule has 3 N–H and O–H groups in total. The molecule has 0 unspecified atom stereocenters. The Bertz CT molecular complexity index is 1120. The molecule has 1 saturated carbocycles. The average molecular weight is 430 g/mol. The number of rotatable bonds is 4. The minimum absolute atomic E-state index is 0.239. The number of anilines is 1. The molecule has 1 atom stereocenters. The Hall–Kier alpha value is -3.15. The van der Waals surface area contributed by atoms with Gasteiger partial charge in [0.25, 0.3) is 0 Å². The summed E-state index contributed by atoms with van der Waals surface area (Å²) in [5, 5.41) is 7.51. The van der Waals surface area contributed by atoms with Gasteiger partial charge in [-0.2, -0.15) is 5.10 Å². The van der Waals surface area contributed by atoms with Gasteiger partial charge in [0.05, 0.1) is 11.6 Å². The molecule has 5 rings (SSSR count). The van der Waals surface area contributed by atoms with Crippen molar-refractivity contribution in [2.75, 3.05) is 18.8 Å². The number of carbonyl (C=O) groups excluding carboxylic acids is 1. The van der Waals surface area contributed by atoms with Crippen LogP contribution in [0.1, 0.15) is 60.4 Å². The van der Waals surface area contributed by atoms with Crippen LogP contribution < -0.4 is 5.73 Å². The highest BCUT2D eigenvalue weighted by molar-refractivity contribution is 5.89. The zero-order valence-electron chi connectivity index (χ0n) is 18.9. The summed E-state index contributed by atoms with van der Waals surface area (Å²) in [5.74, 6) is 1.04. The number of nitrogens with zero attached hydrogens (tertiary/aromatic N) is 3. The van der Waals surface area contributed by atoms with Crippen LogP contribution >= 0.6 is 0 Å². The van der Waals surface area contributed by atoms with Crippen molar-refractivity contribution in [1.82, 2.24) is 20.1 Å². The van der Waals surface area contributed by atoms with E-state index in [1.54, 1.807) is 6.20 Å². The van der Waals surface area contributed by atoms with Gasteiger partial charge in [-0.25, -0.2) is 4.98 Å². The lowest BCUT2D eigenvalue weighted by molar-refractivity contribution is -0.136. The molecule has 1 amide bonds. The normalized spacial score (nSPS) is 20.1. The van der Waals surface area contributed by atoms with E-state index in [0.717, 1.165) is 62.0 Å². The van der Waals surface area contributed by atoms with E-state index in [1.807, 2.05) is 18.3 Å². The third-order valence-electron chi connectivity index (χ3n) is 7.29. The number of amides is 1. The number of pyridine rings is 1. The number of aryl methyl sites for hydroxylation is 2. The lowest BCUT2D eigenvalue weighted by Gasteiger charge is -2.33. The van der Waals surface area contributed by atoms with Gasteiger partial charge >= 0.3 is 0 Å². The number of likely N-dealkylation sites (tertiary alicyclic amines) is 1. The fraction of sp³-hybridized carbons (Fsp3) is 0.423. The second-order valence-corrected chi connectivity index (χ2v) is 9.57. The summed E-state index contributed by atoms with van der Waals surface area (Å²) in [6, 6.07) is 10.5. The minimum atomic E-state index is -0.373. The largest absolute Gasteiger partial charge is 0.384 e. The smallest absolute Gasteiger partial charge is 0.233 e. The summed E-state index contributed by atoms with van der Waals surface area (Å²) in [6.45, 7) is 5.76. The van der Waals surface area contributed by atoms with Crippen molar-refractivity contribution in [1.29, 1.82) is 0 Å². The van der Waals surface area contributed by atoms with Crippen LogP contribution in [0.3, 0.4) is 0 Å². The van der Waals surface area contributed by atoms with Gasteiger partial charge in [0.1, 0.15) is 5.82 Å². The van der Waals surface area contributed by atoms with E-state index in [0.29, 0.717) is 11.7 Å². The van der Waals surface area contributed by atoms with Crippen molar-refractivity contribution in [2.45, 2.75) is 57.3 Å². The molecule has 166 valence electrons. The summed E-state index contributed by atoms with van der Waals surface area (Å²) < 4.78 is 0. The van der Waals surface area contributed by atoms with Crippen molar-refractivity contribution >= 4 is 11.7 Å². The number of H-pyrrole nitrogens is 1. The van der Waals surface area contributed by atoms with E-state index in [-0.39, 0.29) is 11.3 Å². The number of hydrogen-bond acceptors (Lipinski definition) is 4. The Morgan fingerprint density at radius 2 is 1.91 bits per heavy atom. The second kappa shape index (κ2) is 8.08. The Morgan fingerprint density at radius 3 is 2.62 bits per heavy atom. The van der Waals surface area contributed by atoms with Gasteiger partial charge in [-0.15, -0.1) is 0 Å². The topological polar surface area (TPSA) is 87.9 Å². The zero-order chi connectivity index (χ0) is 22.3. The fourth-order valence-electron chi connectivity index (χ4n) is 5.79. The molecule has 2 aliphatic rings. The minimum Gasteiger partial charge on any atom is -0.384 e.